The number of benzene rings is 2. The van der Waals surface area contributed by atoms with Crippen LogP contribution in [-0.4, -0.2) is 23.1 Å². The average Bonchev–Trinajstić information content (AvgIpc) is 2.59. The van der Waals surface area contributed by atoms with Gasteiger partial charge in [-0.15, -0.1) is 0 Å². The summed E-state index contributed by atoms with van der Waals surface area (Å²) in [5, 5.41) is 14.7. The molecule has 0 aliphatic carbocycles. The van der Waals surface area contributed by atoms with E-state index in [0.717, 1.165) is 11.1 Å². The minimum Gasteiger partial charge on any atom is -0.483 e. The first-order chi connectivity index (χ1) is 11.9. The lowest BCUT2D eigenvalue weighted by Crippen LogP contribution is -2.25. The van der Waals surface area contributed by atoms with Gasteiger partial charge in [-0.3, -0.25) is 14.9 Å². The molecule has 0 saturated heterocycles. The molecule has 0 aliphatic rings. The van der Waals surface area contributed by atoms with Crippen molar-refractivity contribution in [1.82, 2.24) is 5.43 Å². The molecular formula is C17H16BrN3O4. The first kappa shape index (κ1) is 18.6. The summed E-state index contributed by atoms with van der Waals surface area (Å²) in [5.41, 5.74) is 5.07. The summed E-state index contributed by atoms with van der Waals surface area (Å²) >= 11 is 3.18. The minimum absolute atomic E-state index is 0.0676. The molecule has 0 aromatic heterocycles. The molecule has 0 bridgehead atoms. The van der Waals surface area contributed by atoms with Crippen LogP contribution >= 0.6 is 15.9 Å². The van der Waals surface area contributed by atoms with Crippen LogP contribution < -0.4 is 10.2 Å². The zero-order valence-corrected chi connectivity index (χ0v) is 15.2. The second-order valence-electron chi connectivity index (χ2n) is 5.26. The van der Waals surface area contributed by atoms with E-state index in [4.69, 9.17) is 4.74 Å². The quantitative estimate of drug-likeness (QED) is 0.451. The number of rotatable bonds is 6. The Labute approximate surface area is 153 Å². The van der Waals surface area contributed by atoms with Crippen LogP contribution in [-0.2, 0) is 4.79 Å². The van der Waals surface area contributed by atoms with Crippen molar-refractivity contribution in [2.75, 3.05) is 6.61 Å². The number of nitro benzene ring substituents is 1. The normalized spacial score (nSPS) is 11.1. The Morgan fingerprint density at radius 3 is 2.56 bits per heavy atom. The number of carbonyl (C=O) groups is 1. The van der Waals surface area contributed by atoms with Crippen LogP contribution in [0, 0.1) is 17.0 Å². The van der Waals surface area contributed by atoms with E-state index in [-0.39, 0.29) is 12.3 Å². The van der Waals surface area contributed by atoms with Crippen LogP contribution in [0.1, 0.15) is 18.1 Å². The molecule has 0 fully saturated rings. The number of aryl methyl sites for hydroxylation is 1. The predicted molar refractivity (Wildman–Crippen MR) is 97.8 cm³/mol. The van der Waals surface area contributed by atoms with Gasteiger partial charge >= 0.3 is 0 Å². The number of amides is 1. The number of hydrogen-bond acceptors (Lipinski definition) is 5. The van der Waals surface area contributed by atoms with E-state index < -0.39 is 10.8 Å². The van der Waals surface area contributed by atoms with Gasteiger partial charge in [0.1, 0.15) is 5.75 Å². The molecular weight excluding hydrogens is 390 g/mol. The highest BCUT2D eigenvalue weighted by molar-refractivity contribution is 9.10. The van der Waals surface area contributed by atoms with Gasteiger partial charge in [-0.25, -0.2) is 5.43 Å². The fourth-order valence-corrected chi connectivity index (χ4v) is 2.38. The lowest BCUT2D eigenvalue weighted by atomic mass is 10.1. The molecule has 2 aromatic rings. The van der Waals surface area contributed by atoms with Crippen LogP contribution in [0.2, 0.25) is 0 Å². The molecule has 0 radical (unpaired) electrons. The van der Waals surface area contributed by atoms with Gasteiger partial charge in [0, 0.05) is 12.1 Å². The van der Waals surface area contributed by atoms with E-state index in [1.807, 2.05) is 31.2 Å². The number of nitro groups is 1. The molecule has 1 amide bonds. The fraction of sp³-hybridized carbons (Fsp3) is 0.176. The van der Waals surface area contributed by atoms with Gasteiger partial charge in [-0.2, -0.15) is 5.10 Å². The van der Waals surface area contributed by atoms with Crippen molar-refractivity contribution >= 4 is 33.2 Å². The SMILES string of the molecule is C/C(=N/NC(=O)COc1ccc([N+](=O)[O-])cc1Br)c1ccc(C)cc1. The van der Waals surface area contributed by atoms with Crippen molar-refractivity contribution in [1.29, 1.82) is 0 Å². The Kier molecular flexibility index (Phi) is 6.24. The highest BCUT2D eigenvalue weighted by Crippen LogP contribution is 2.28. The van der Waals surface area contributed by atoms with Crippen molar-refractivity contribution in [3.63, 3.8) is 0 Å². The molecule has 0 aliphatic heterocycles. The van der Waals surface area contributed by atoms with Gasteiger partial charge in [0.05, 0.1) is 15.1 Å². The van der Waals surface area contributed by atoms with Gasteiger partial charge in [0.25, 0.3) is 11.6 Å². The highest BCUT2D eigenvalue weighted by atomic mass is 79.9. The number of hydrogen-bond donors (Lipinski definition) is 1. The summed E-state index contributed by atoms with van der Waals surface area (Å²) in [6.45, 7) is 3.52. The Balaban J connectivity index is 1.91. The summed E-state index contributed by atoms with van der Waals surface area (Å²) in [7, 11) is 0. The lowest BCUT2D eigenvalue weighted by molar-refractivity contribution is -0.384. The third-order valence-corrected chi connectivity index (χ3v) is 3.92. The van der Waals surface area contributed by atoms with Gasteiger partial charge in [0.2, 0.25) is 0 Å². The summed E-state index contributed by atoms with van der Waals surface area (Å²) in [5.74, 6) is -0.100. The number of hydrazone groups is 1. The third kappa shape index (κ3) is 5.39. The third-order valence-electron chi connectivity index (χ3n) is 3.30. The summed E-state index contributed by atoms with van der Waals surface area (Å²) in [4.78, 5) is 22.0. The minimum atomic E-state index is -0.510. The Hall–Kier alpha value is -2.74. The number of carbonyl (C=O) groups excluding carboxylic acids is 1. The molecule has 1 N–H and O–H groups in total. The highest BCUT2D eigenvalue weighted by Gasteiger charge is 2.11. The summed E-state index contributed by atoms with van der Waals surface area (Å²) in [6.07, 6.45) is 0. The van der Waals surface area contributed by atoms with Crippen molar-refractivity contribution < 1.29 is 14.5 Å². The van der Waals surface area contributed by atoms with E-state index in [0.29, 0.717) is 15.9 Å². The Morgan fingerprint density at radius 1 is 1.28 bits per heavy atom. The van der Waals surface area contributed by atoms with Crippen LogP contribution in [0.25, 0.3) is 0 Å². The van der Waals surface area contributed by atoms with E-state index >= 15 is 0 Å². The average molecular weight is 406 g/mol. The smallest absolute Gasteiger partial charge is 0.277 e. The first-order valence-corrected chi connectivity index (χ1v) is 8.13. The molecule has 0 atom stereocenters. The molecule has 2 aromatic carbocycles. The van der Waals surface area contributed by atoms with E-state index in [2.05, 4.69) is 26.5 Å². The monoisotopic (exact) mass is 405 g/mol. The van der Waals surface area contributed by atoms with Crippen LogP contribution in [0.4, 0.5) is 5.69 Å². The maximum Gasteiger partial charge on any atom is 0.277 e. The topological polar surface area (TPSA) is 93.8 Å². The molecule has 0 heterocycles. The van der Waals surface area contributed by atoms with Gasteiger partial charge in [-0.1, -0.05) is 29.8 Å². The molecule has 0 spiro atoms. The van der Waals surface area contributed by atoms with Gasteiger partial charge in [-0.05, 0) is 41.4 Å². The van der Waals surface area contributed by atoms with Crippen LogP contribution in [0.3, 0.4) is 0 Å². The lowest BCUT2D eigenvalue weighted by Gasteiger charge is -2.07. The molecule has 7 nitrogen and oxygen atoms in total. The van der Waals surface area contributed by atoms with Crippen LogP contribution in [0.15, 0.2) is 52.0 Å². The Bertz CT molecular complexity index is 819. The maximum absolute atomic E-state index is 11.8. The predicted octanol–water partition coefficient (Wildman–Crippen LogP) is 3.58. The molecule has 2 rings (SSSR count). The molecule has 8 heteroatoms. The largest absolute Gasteiger partial charge is 0.483 e. The Morgan fingerprint density at radius 2 is 1.96 bits per heavy atom. The summed E-state index contributed by atoms with van der Waals surface area (Å²) < 4.78 is 5.73. The molecule has 0 saturated carbocycles. The zero-order chi connectivity index (χ0) is 18.4. The fourth-order valence-electron chi connectivity index (χ4n) is 1.90. The number of nitrogens with zero attached hydrogens (tertiary/aromatic N) is 2. The van der Waals surface area contributed by atoms with Crippen LogP contribution in [0.5, 0.6) is 5.75 Å². The van der Waals surface area contributed by atoms with E-state index in [9.17, 15) is 14.9 Å². The number of non-ortho nitro benzene ring substituents is 1. The maximum atomic E-state index is 11.8. The van der Waals surface area contributed by atoms with E-state index in [1.54, 1.807) is 6.92 Å². The van der Waals surface area contributed by atoms with E-state index in [1.165, 1.54) is 18.2 Å². The molecule has 130 valence electrons. The van der Waals surface area contributed by atoms with Gasteiger partial charge < -0.3 is 4.74 Å². The van der Waals surface area contributed by atoms with Crippen molar-refractivity contribution in [3.05, 3.63) is 68.2 Å². The van der Waals surface area contributed by atoms with Crippen molar-refractivity contribution in [3.8, 4) is 5.75 Å². The molecule has 0 unspecified atom stereocenters. The standard InChI is InChI=1S/C17H16BrN3O4/c1-11-3-5-13(6-4-11)12(2)19-20-17(22)10-25-16-8-7-14(21(23)24)9-15(16)18/h3-9H,10H2,1-2H3,(H,20,22)/b19-12-. The van der Waals surface area contributed by atoms with Gasteiger partial charge in [0.15, 0.2) is 6.61 Å². The number of nitrogens with one attached hydrogen (secondary N) is 1. The molecule has 25 heavy (non-hydrogen) atoms. The first-order valence-electron chi connectivity index (χ1n) is 7.33. The number of halogens is 1. The number of ether oxygens (including phenoxy) is 1. The zero-order valence-electron chi connectivity index (χ0n) is 13.7. The van der Waals surface area contributed by atoms with Crippen molar-refractivity contribution in [2.45, 2.75) is 13.8 Å². The summed E-state index contributed by atoms with van der Waals surface area (Å²) in [6, 6.07) is 11.8. The second kappa shape index (κ2) is 8.39. The second-order valence-corrected chi connectivity index (χ2v) is 6.11. The van der Waals surface area contributed by atoms with Crippen molar-refractivity contribution in [2.24, 2.45) is 5.10 Å².